The molecule has 0 saturated heterocycles. The second-order valence-corrected chi connectivity index (χ2v) is 5.27. The van der Waals surface area contributed by atoms with E-state index in [2.05, 4.69) is 26.0 Å². The third-order valence-corrected chi connectivity index (χ3v) is 3.52. The summed E-state index contributed by atoms with van der Waals surface area (Å²) in [6, 6.07) is 6.30. The van der Waals surface area contributed by atoms with Gasteiger partial charge < -0.3 is 10.5 Å². The fourth-order valence-corrected chi connectivity index (χ4v) is 2.34. The lowest BCUT2D eigenvalue weighted by Crippen LogP contribution is -2.41. The molecule has 0 aromatic heterocycles. The summed E-state index contributed by atoms with van der Waals surface area (Å²) in [4.78, 5) is 0. The predicted octanol–water partition coefficient (Wildman–Crippen LogP) is 2.67. The topological polar surface area (TPSA) is 35.2 Å². The number of aryl methyl sites for hydroxylation is 1. The van der Waals surface area contributed by atoms with Gasteiger partial charge in [-0.05, 0) is 50.7 Å². The molecule has 0 spiro atoms. The number of hydrogen-bond acceptors (Lipinski definition) is 2. The number of nitrogens with two attached hydrogens (primary N) is 1. The molecule has 16 heavy (non-hydrogen) atoms. The lowest BCUT2D eigenvalue weighted by atomic mass is 9.88. The van der Waals surface area contributed by atoms with Crippen LogP contribution in [-0.4, -0.2) is 12.6 Å². The van der Waals surface area contributed by atoms with Crippen molar-refractivity contribution in [1.82, 2.24) is 0 Å². The van der Waals surface area contributed by atoms with Crippen LogP contribution in [0.25, 0.3) is 0 Å². The Hall–Kier alpha value is -1.02. The Morgan fingerprint density at radius 3 is 2.69 bits per heavy atom. The van der Waals surface area contributed by atoms with Gasteiger partial charge in [0.2, 0.25) is 0 Å². The monoisotopic (exact) mass is 219 g/mol. The van der Waals surface area contributed by atoms with Crippen molar-refractivity contribution >= 4 is 0 Å². The van der Waals surface area contributed by atoms with E-state index < -0.39 is 0 Å². The van der Waals surface area contributed by atoms with E-state index in [4.69, 9.17) is 10.5 Å². The molecule has 2 heteroatoms. The van der Waals surface area contributed by atoms with Gasteiger partial charge in [0.05, 0.1) is 7.11 Å². The molecule has 1 fully saturated rings. The summed E-state index contributed by atoms with van der Waals surface area (Å²) < 4.78 is 5.39. The van der Waals surface area contributed by atoms with Gasteiger partial charge in [0, 0.05) is 5.54 Å². The highest BCUT2D eigenvalue weighted by Gasteiger charge is 2.38. The first-order chi connectivity index (χ1) is 7.53. The zero-order valence-electron chi connectivity index (χ0n) is 10.4. The Balaban J connectivity index is 2.21. The van der Waals surface area contributed by atoms with Crippen molar-refractivity contribution in [1.29, 1.82) is 0 Å². The second-order valence-electron chi connectivity index (χ2n) is 5.27. The zero-order chi connectivity index (χ0) is 11.8. The SMILES string of the molecule is COc1ccc(C)cc1CC(C)(N)C1CC1. The van der Waals surface area contributed by atoms with Crippen LogP contribution in [0.1, 0.15) is 30.9 Å². The molecular weight excluding hydrogens is 198 g/mol. The van der Waals surface area contributed by atoms with Crippen molar-refractivity contribution in [3.8, 4) is 5.75 Å². The number of hydrogen-bond donors (Lipinski definition) is 1. The summed E-state index contributed by atoms with van der Waals surface area (Å²) in [6.07, 6.45) is 3.46. The lowest BCUT2D eigenvalue weighted by molar-refractivity contribution is 0.379. The van der Waals surface area contributed by atoms with Crippen LogP contribution in [0.4, 0.5) is 0 Å². The second kappa shape index (κ2) is 4.10. The Morgan fingerprint density at radius 2 is 2.12 bits per heavy atom. The highest BCUT2D eigenvalue weighted by Crippen LogP contribution is 2.40. The minimum Gasteiger partial charge on any atom is -0.496 e. The molecule has 0 radical (unpaired) electrons. The molecule has 2 rings (SSSR count). The molecule has 2 N–H and O–H groups in total. The van der Waals surface area contributed by atoms with Gasteiger partial charge in [-0.25, -0.2) is 0 Å². The Morgan fingerprint density at radius 1 is 1.44 bits per heavy atom. The van der Waals surface area contributed by atoms with E-state index in [1.165, 1.54) is 24.0 Å². The van der Waals surface area contributed by atoms with Crippen molar-refractivity contribution in [2.75, 3.05) is 7.11 Å². The Bertz CT molecular complexity index is 380. The van der Waals surface area contributed by atoms with Gasteiger partial charge in [-0.2, -0.15) is 0 Å². The highest BCUT2D eigenvalue weighted by atomic mass is 16.5. The average Bonchev–Trinajstić information content (AvgIpc) is 3.00. The van der Waals surface area contributed by atoms with Gasteiger partial charge in [-0.15, -0.1) is 0 Å². The molecule has 0 amide bonds. The fourth-order valence-electron chi connectivity index (χ4n) is 2.34. The van der Waals surface area contributed by atoms with Crippen LogP contribution in [0.15, 0.2) is 18.2 Å². The van der Waals surface area contributed by atoms with Crippen LogP contribution in [0.5, 0.6) is 5.75 Å². The minimum absolute atomic E-state index is 0.0823. The molecule has 1 atom stereocenters. The predicted molar refractivity (Wildman–Crippen MR) is 66.8 cm³/mol. The summed E-state index contributed by atoms with van der Waals surface area (Å²) in [5, 5.41) is 0. The van der Waals surface area contributed by atoms with Gasteiger partial charge in [0.25, 0.3) is 0 Å². The molecule has 2 nitrogen and oxygen atoms in total. The number of benzene rings is 1. The summed E-state index contributed by atoms with van der Waals surface area (Å²) >= 11 is 0. The maximum atomic E-state index is 6.37. The lowest BCUT2D eigenvalue weighted by Gasteiger charge is -2.25. The Kier molecular flexibility index (Phi) is 2.94. The third-order valence-electron chi connectivity index (χ3n) is 3.52. The summed E-state index contributed by atoms with van der Waals surface area (Å²) in [5.74, 6) is 1.65. The van der Waals surface area contributed by atoms with Crippen LogP contribution < -0.4 is 10.5 Å². The number of rotatable bonds is 4. The van der Waals surface area contributed by atoms with Crippen molar-refractivity contribution in [2.24, 2.45) is 11.7 Å². The van der Waals surface area contributed by atoms with Gasteiger partial charge in [-0.3, -0.25) is 0 Å². The van der Waals surface area contributed by atoms with E-state index in [9.17, 15) is 0 Å². The van der Waals surface area contributed by atoms with Crippen molar-refractivity contribution in [3.05, 3.63) is 29.3 Å². The van der Waals surface area contributed by atoms with E-state index in [0.717, 1.165) is 12.2 Å². The van der Waals surface area contributed by atoms with Crippen molar-refractivity contribution < 1.29 is 4.74 Å². The van der Waals surface area contributed by atoms with Crippen LogP contribution in [0.3, 0.4) is 0 Å². The molecule has 1 saturated carbocycles. The van der Waals surface area contributed by atoms with Crippen LogP contribution in [-0.2, 0) is 6.42 Å². The van der Waals surface area contributed by atoms with Gasteiger partial charge >= 0.3 is 0 Å². The summed E-state index contributed by atoms with van der Waals surface area (Å²) in [7, 11) is 1.72. The normalized spacial score (nSPS) is 19.2. The average molecular weight is 219 g/mol. The maximum absolute atomic E-state index is 6.37. The first kappa shape index (κ1) is 11.5. The largest absolute Gasteiger partial charge is 0.496 e. The molecule has 0 heterocycles. The van der Waals surface area contributed by atoms with Crippen LogP contribution in [0, 0.1) is 12.8 Å². The molecule has 0 aliphatic heterocycles. The van der Waals surface area contributed by atoms with Crippen LogP contribution in [0.2, 0.25) is 0 Å². The van der Waals surface area contributed by atoms with Gasteiger partial charge in [0.1, 0.15) is 5.75 Å². The van der Waals surface area contributed by atoms with E-state index in [1.807, 2.05) is 6.07 Å². The molecule has 1 unspecified atom stereocenters. The smallest absolute Gasteiger partial charge is 0.122 e. The molecule has 0 bridgehead atoms. The fraction of sp³-hybridized carbons (Fsp3) is 0.571. The van der Waals surface area contributed by atoms with E-state index in [1.54, 1.807) is 7.11 Å². The Labute approximate surface area is 97.8 Å². The van der Waals surface area contributed by atoms with Gasteiger partial charge in [0.15, 0.2) is 0 Å². The molecule has 1 aliphatic rings. The van der Waals surface area contributed by atoms with Crippen molar-refractivity contribution in [3.63, 3.8) is 0 Å². The number of ether oxygens (including phenoxy) is 1. The molecule has 1 aliphatic carbocycles. The van der Waals surface area contributed by atoms with Crippen molar-refractivity contribution in [2.45, 2.75) is 38.6 Å². The standard InChI is InChI=1S/C14H21NO/c1-10-4-7-13(16-3)11(8-10)9-14(2,15)12-5-6-12/h4,7-8,12H,5-6,9,15H2,1-3H3. The molecule has 1 aromatic rings. The molecule has 1 aromatic carbocycles. The van der Waals surface area contributed by atoms with Gasteiger partial charge in [-0.1, -0.05) is 17.7 Å². The molecule has 88 valence electrons. The third kappa shape index (κ3) is 2.38. The first-order valence-electron chi connectivity index (χ1n) is 5.95. The first-order valence-corrected chi connectivity index (χ1v) is 5.95. The summed E-state index contributed by atoms with van der Waals surface area (Å²) in [6.45, 7) is 4.26. The minimum atomic E-state index is -0.0823. The highest BCUT2D eigenvalue weighted by molar-refractivity contribution is 5.38. The van der Waals surface area contributed by atoms with E-state index in [0.29, 0.717) is 5.92 Å². The molecular formula is C14H21NO. The summed E-state index contributed by atoms with van der Waals surface area (Å²) in [5.41, 5.74) is 8.79. The van der Waals surface area contributed by atoms with E-state index >= 15 is 0 Å². The quantitative estimate of drug-likeness (QED) is 0.845. The van der Waals surface area contributed by atoms with E-state index in [-0.39, 0.29) is 5.54 Å². The maximum Gasteiger partial charge on any atom is 0.122 e. The number of methoxy groups -OCH3 is 1. The van der Waals surface area contributed by atoms with Crippen LogP contribution >= 0.6 is 0 Å². The zero-order valence-corrected chi connectivity index (χ0v) is 10.4.